The van der Waals surface area contributed by atoms with Crippen LogP contribution in [0.3, 0.4) is 0 Å². The molecule has 2 saturated carbocycles. The van der Waals surface area contributed by atoms with Crippen LogP contribution in [0.5, 0.6) is 0 Å². The predicted molar refractivity (Wildman–Crippen MR) is 88.6 cm³/mol. The lowest BCUT2D eigenvalue weighted by atomic mass is 9.45. The van der Waals surface area contributed by atoms with Gasteiger partial charge in [0.2, 0.25) is 0 Å². The van der Waals surface area contributed by atoms with Crippen LogP contribution in [-0.2, 0) is 9.53 Å². The van der Waals surface area contributed by atoms with E-state index in [-0.39, 0.29) is 29.0 Å². The third-order valence-corrected chi connectivity index (χ3v) is 7.60. The van der Waals surface area contributed by atoms with Gasteiger partial charge in [-0.05, 0) is 61.7 Å². The van der Waals surface area contributed by atoms with Gasteiger partial charge in [-0.1, -0.05) is 32.4 Å². The number of allylic oxidation sites excluding steroid dienone is 1. The van der Waals surface area contributed by atoms with Crippen LogP contribution in [0.15, 0.2) is 22.8 Å². The fourth-order valence-corrected chi connectivity index (χ4v) is 6.13. The van der Waals surface area contributed by atoms with E-state index in [4.69, 9.17) is 4.74 Å². The standard InChI is InChI=1S/C20H28O3/c1-11-13-9-12-5-6-16-19(2,3)17(21)7-8-20(16,4)14(12)10-15(13)23-18(11)22/h9,14-17,21H,5-8,10H2,1-4H3/t14-,15?,16-,17-,20+/m1/s1. The van der Waals surface area contributed by atoms with E-state index in [0.29, 0.717) is 11.8 Å². The summed E-state index contributed by atoms with van der Waals surface area (Å²) in [5.74, 6) is 0.881. The highest BCUT2D eigenvalue weighted by Gasteiger charge is 2.57. The molecule has 5 atom stereocenters. The van der Waals surface area contributed by atoms with Crippen molar-refractivity contribution in [3.05, 3.63) is 22.8 Å². The van der Waals surface area contributed by atoms with Crippen molar-refractivity contribution in [2.75, 3.05) is 0 Å². The molecular formula is C20H28O3. The molecule has 0 saturated heterocycles. The van der Waals surface area contributed by atoms with Crippen LogP contribution >= 0.6 is 0 Å². The molecule has 3 aliphatic carbocycles. The van der Waals surface area contributed by atoms with Crippen molar-refractivity contribution in [3.8, 4) is 0 Å². The molecule has 0 radical (unpaired) electrons. The van der Waals surface area contributed by atoms with Crippen LogP contribution in [0, 0.1) is 22.7 Å². The van der Waals surface area contributed by atoms with E-state index in [2.05, 4.69) is 26.8 Å². The normalized spacial score (nSPS) is 44.9. The van der Waals surface area contributed by atoms with Gasteiger partial charge in [0.15, 0.2) is 0 Å². The third kappa shape index (κ3) is 1.95. The first kappa shape index (κ1) is 15.4. The lowest BCUT2D eigenvalue weighted by Gasteiger charge is -2.60. The van der Waals surface area contributed by atoms with E-state index in [1.165, 1.54) is 5.57 Å². The van der Waals surface area contributed by atoms with Gasteiger partial charge in [0.25, 0.3) is 0 Å². The van der Waals surface area contributed by atoms with Gasteiger partial charge in [-0.25, -0.2) is 4.79 Å². The minimum atomic E-state index is -0.197. The van der Waals surface area contributed by atoms with Crippen LogP contribution in [0.25, 0.3) is 0 Å². The molecule has 1 N–H and O–H groups in total. The Morgan fingerprint density at radius 3 is 2.74 bits per heavy atom. The number of carbonyl (C=O) groups excluding carboxylic acids is 1. The Kier molecular flexibility index (Phi) is 3.17. The molecule has 2 fully saturated rings. The Hall–Kier alpha value is -1.09. The van der Waals surface area contributed by atoms with E-state index >= 15 is 0 Å². The maximum absolute atomic E-state index is 11.9. The van der Waals surface area contributed by atoms with Crippen molar-refractivity contribution in [3.63, 3.8) is 0 Å². The first-order valence-corrected chi connectivity index (χ1v) is 9.05. The van der Waals surface area contributed by atoms with Gasteiger partial charge >= 0.3 is 5.97 Å². The van der Waals surface area contributed by atoms with E-state index in [1.807, 2.05) is 6.92 Å². The summed E-state index contributed by atoms with van der Waals surface area (Å²) in [5.41, 5.74) is 3.61. The van der Waals surface area contributed by atoms with Crippen molar-refractivity contribution in [2.24, 2.45) is 22.7 Å². The summed E-state index contributed by atoms with van der Waals surface area (Å²) >= 11 is 0. The second-order valence-electron chi connectivity index (χ2n) is 8.95. The summed E-state index contributed by atoms with van der Waals surface area (Å²) in [6.07, 6.45) is 7.17. The van der Waals surface area contributed by atoms with Crippen LogP contribution in [0.1, 0.15) is 59.8 Å². The first-order chi connectivity index (χ1) is 10.7. The Bertz CT molecular complexity index is 627. The summed E-state index contributed by atoms with van der Waals surface area (Å²) in [6.45, 7) is 8.79. The predicted octanol–water partition coefficient (Wildman–Crippen LogP) is 3.77. The van der Waals surface area contributed by atoms with Crippen LogP contribution in [0.2, 0.25) is 0 Å². The smallest absolute Gasteiger partial charge is 0.334 e. The van der Waals surface area contributed by atoms with Crippen LogP contribution in [-0.4, -0.2) is 23.3 Å². The van der Waals surface area contributed by atoms with Gasteiger partial charge in [-0.15, -0.1) is 0 Å². The van der Waals surface area contributed by atoms with Gasteiger partial charge < -0.3 is 9.84 Å². The number of rotatable bonds is 0. The summed E-state index contributed by atoms with van der Waals surface area (Å²) in [7, 11) is 0. The van der Waals surface area contributed by atoms with Crippen molar-refractivity contribution < 1.29 is 14.6 Å². The highest BCUT2D eigenvalue weighted by Crippen LogP contribution is 2.63. The van der Waals surface area contributed by atoms with Crippen molar-refractivity contribution in [2.45, 2.75) is 72.0 Å². The monoisotopic (exact) mass is 316 g/mol. The van der Waals surface area contributed by atoms with Crippen molar-refractivity contribution in [1.29, 1.82) is 0 Å². The van der Waals surface area contributed by atoms with Crippen LogP contribution in [0.4, 0.5) is 0 Å². The molecule has 0 aromatic carbocycles. The summed E-state index contributed by atoms with van der Waals surface area (Å²) in [4.78, 5) is 11.9. The highest BCUT2D eigenvalue weighted by molar-refractivity contribution is 5.92. The van der Waals surface area contributed by atoms with Gasteiger partial charge in [-0.3, -0.25) is 0 Å². The molecule has 4 rings (SSSR count). The lowest BCUT2D eigenvalue weighted by molar-refractivity contribution is -0.145. The van der Waals surface area contributed by atoms with Crippen molar-refractivity contribution in [1.82, 2.24) is 0 Å². The Morgan fingerprint density at radius 2 is 2.00 bits per heavy atom. The van der Waals surface area contributed by atoms with E-state index in [0.717, 1.165) is 43.3 Å². The van der Waals surface area contributed by atoms with Gasteiger partial charge in [0, 0.05) is 11.1 Å². The molecule has 0 aromatic rings. The van der Waals surface area contributed by atoms with Crippen molar-refractivity contribution >= 4 is 5.97 Å². The summed E-state index contributed by atoms with van der Waals surface area (Å²) in [5, 5.41) is 10.5. The molecule has 0 amide bonds. The molecule has 4 aliphatic rings. The average Bonchev–Trinajstić information content (AvgIpc) is 2.77. The third-order valence-electron chi connectivity index (χ3n) is 7.60. The zero-order valence-corrected chi connectivity index (χ0v) is 14.7. The summed E-state index contributed by atoms with van der Waals surface area (Å²) < 4.78 is 5.62. The van der Waals surface area contributed by atoms with E-state index in [1.54, 1.807) is 0 Å². The number of ether oxygens (including phenoxy) is 1. The number of esters is 1. The minimum absolute atomic E-state index is 0.0308. The number of hydrogen-bond donors (Lipinski definition) is 1. The molecule has 3 nitrogen and oxygen atoms in total. The molecule has 1 heterocycles. The van der Waals surface area contributed by atoms with Gasteiger partial charge in [0.05, 0.1) is 6.10 Å². The Balaban J connectivity index is 1.74. The lowest BCUT2D eigenvalue weighted by Crippen LogP contribution is -2.55. The number of hydrogen-bond acceptors (Lipinski definition) is 3. The zero-order valence-electron chi connectivity index (χ0n) is 14.7. The van der Waals surface area contributed by atoms with E-state index < -0.39 is 0 Å². The first-order valence-electron chi connectivity index (χ1n) is 9.05. The molecule has 0 bridgehead atoms. The molecule has 3 heteroatoms. The maximum Gasteiger partial charge on any atom is 0.334 e. The zero-order chi connectivity index (χ0) is 16.6. The largest absolute Gasteiger partial charge is 0.454 e. The number of aliphatic hydroxyl groups is 1. The second-order valence-corrected chi connectivity index (χ2v) is 8.95. The highest BCUT2D eigenvalue weighted by atomic mass is 16.5. The Morgan fingerprint density at radius 1 is 1.26 bits per heavy atom. The molecule has 1 unspecified atom stereocenters. The number of fused-ring (bicyclic) bond motifs is 4. The quantitative estimate of drug-likeness (QED) is 0.692. The molecule has 126 valence electrons. The molecule has 23 heavy (non-hydrogen) atoms. The average molecular weight is 316 g/mol. The Labute approximate surface area is 138 Å². The van der Waals surface area contributed by atoms with Gasteiger partial charge in [-0.2, -0.15) is 0 Å². The molecule has 0 spiro atoms. The van der Waals surface area contributed by atoms with E-state index in [9.17, 15) is 9.90 Å². The second kappa shape index (κ2) is 4.72. The summed E-state index contributed by atoms with van der Waals surface area (Å²) in [6, 6.07) is 0. The van der Waals surface area contributed by atoms with Crippen LogP contribution < -0.4 is 0 Å². The maximum atomic E-state index is 11.9. The molecule has 0 aromatic heterocycles. The number of aliphatic hydroxyl groups excluding tert-OH is 1. The molecule has 1 aliphatic heterocycles. The minimum Gasteiger partial charge on any atom is -0.454 e. The molecular weight excluding hydrogens is 288 g/mol. The fourth-order valence-electron chi connectivity index (χ4n) is 6.13. The van der Waals surface area contributed by atoms with Gasteiger partial charge in [0.1, 0.15) is 6.10 Å². The fraction of sp³-hybridized carbons (Fsp3) is 0.750. The topological polar surface area (TPSA) is 46.5 Å². The SMILES string of the molecule is CC1=C2C=C3CC[C@@H]4C(C)(C)[C@H](O)CC[C@@]4(C)[C@@H]3CC2OC1=O. The number of carbonyl (C=O) groups is 1.